The molecule has 0 bridgehead atoms. The Morgan fingerprint density at radius 2 is 2.09 bits per heavy atom. The van der Waals surface area contributed by atoms with E-state index >= 15 is 0 Å². The molecule has 2 aliphatic rings. The van der Waals surface area contributed by atoms with Gasteiger partial charge in [-0.3, -0.25) is 4.79 Å². The highest BCUT2D eigenvalue weighted by molar-refractivity contribution is 5.94. The minimum absolute atomic E-state index is 0.0897. The Labute approximate surface area is 136 Å². The fraction of sp³-hybridized carbons (Fsp3) is 0.444. The lowest BCUT2D eigenvalue weighted by Gasteiger charge is -2.33. The number of carbonyl (C=O) groups is 1. The van der Waals surface area contributed by atoms with E-state index in [0.717, 1.165) is 50.1 Å². The smallest absolute Gasteiger partial charge is 0.274 e. The molecule has 23 heavy (non-hydrogen) atoms. The Hall–Kier alpha value is -2.14. The first-order chi connectivity index (χ1) is 11.3. The summed E-state index contributed by atoms with van der Waals surface area (Å²) in [6.07, 6.45) is 3.07. The van der Waals surface area contributed by atoms with Gasteiger partial charge in [-0.1, -0.05) is 18.2 Å². The van der Waals surface area contributed by atoms with Crippen LogP contribution in [-0.4, -0.2) is 46.3 Å². The molecule has 1 saturated heterocycles. The predicted octanol–water partition coefficient (Wildman–Crippen LogP) is 1.79. The third kappa shape index (κ3) is 2.45. The zero-order chi connectivity index (χ0) is 15.8. The van der Waals surface area contributed by atoms with Gasteiger partial charge in [-0.2, -0.15) is 5.10 Å². The average Bonchev–Trinajstić information content (AvgIpc) is 3.18. The summed E-state index contributed by atoms with van der Waals surface area (Å²) in [4.78, 5) is 15.0. The van der Waals surface area contributed by atoms with Crippen LogP contribution in [-0.2, 0) is 12.8 Å². The van der Waals surface area contributed by atoms with Crippen LogP contribution in [0.25, 0.3) is 5.69 Å². The van der Waals surface area contributed by atoms with Gasteiger partial charge in [0.2, 0.25) is 0 Å². The third-order valence-corrected chi connectivity index (χ3v) is 4.90. The van der Waals surface area contributed by atoms with Gasteiger partial charge < -0.3 is 10.2 Å². The predicted molar refractivity (Wildman–Crippen MR) is 89.0 cm³/mol. The van der Waals surface area contributed by atoms with Crippen molar-refractivity contribution in [2.24, 2.45) is 0 Å². The number of piperazine rings is 1. The van der Waals surface area contributed by atoms with Crippen LogP contribution in [0.4, 0.5) is 0 Å². The maximum atomic E-state index is 13.0. The summed E-state index contributed by atoms with van der Waals surface area (Å²) in [6.45, 7) is 4.57. The highest BCUT2D eigenvalue weighted by atomic mass is 16.2. The minimum Gasteiger partial charge on any atom is -0.332 e. The molecule has 1 unspecified atom stereocenters. The van der Waals surface area contributed by atoms with E-state index in [1.165, 1.54) is 5.69 Å². The van der Waals surface area contributed by atoms with Gasteiger partial charge >= 0.3 is 0 Å². The zero-order valence-corrected chi connectivity index (χ0v) is 13.5. The van der Waals surface area contributed by atoms with Crippen LogP contribution in [0, 0.1) is 0 Å². The Morgan fingerprint density at radius 3 is 2.87 bits per heavy atom. The fourth-order valence-electron chi connectivity index (χ4n) is 3.67. The first kappa shape index (κ1) is 14.5. The molecule has 0 radical (unpaired) electrons. The molecule has 1 aromatic heterocycles. The quantitative estimate of drug-likeness (QED) is 0.920. The van der Waals surface area contributed by atoms with E-state index in [1.807, 2.05) is 39.9 Å². The summed E-state index contributed by atoms with van der Waals surface area (Å²) in [6, 6.07) is 10.3. The number of para-hydroxylation sites is 1. The number of rotatable bonds is 2. The number of aromatic nitrogens is 2. The molecular weight excluding hydrogens is 288 g/mol. The molecule has 0 saturated carbocycles. The van der Waals surface area contributed by atoms with E-state index < -0.39 is 0 Å². The first-order valence-electron chi connectivity index (χ1n) is 8.43. The second kappa shape index (κ2) is 5.81. The number of hydrogen-bond acceptors (Lipinski definition) is 3. The number of fused-ring (bicyclic) bond motifs is 1. The molecule has 5 nitrogen and oxygen atoms in total. The van der Waals surface area contributed by atoms with Crippen molar-refractivity contribution in [1.29, 1.82) is 0 Å². The van der Waals surface area contributed by atoms with Gasteiger partial charge in [-0.25, -0.2) is 4.68 Å². The number of nitrogens with zero attached hydrogens (tertiary/aromatic N) is 3. The van der Waals surface area contributed by atoms with E-state index in [4.69, 9.17) is 5.10 Å². The highest BCUT2D eigenvalue weighted by Crippen LogP contribution is 2.29. The molecule has 1 N–H and O–H groups in total. The van der Waals surface area contributed by atoms with E-state index in [9.17, 15) is 4.79 Å². The summed E-state index contributed by atoms with van der Waals surface area (Å²) < 4.78 is 1.97. The van der Waals surface area contributed by atoms with E-state index in [2.05, 4.69) is 12.2 Å². The third-order valence-electron chi connectivity index (χ3n) is 4.90. The van der Waals surface area contributed by atoms with Gasteiger partial charge in [0.25, 0.3) is 5.91 Å². The lowest BCUT2D eigenvalue weighted by Crippen LogP contribution is -2.52. The molecule has 1 atom stereocenters. The summed E-state index contributed by atoms with van der Waals surface area (Å²) in [5, 5.41) is 8.05. The topological polar surface area (TPSA) is 50.2 Å². The number of carbonyl (C=O) groups excluding carboxylic acids is 1. The van der Waals surface area contributed by atoms with Crippen molar-refractivity contribution in [3.63, 3.8) is 0 Å². The Morgan fingerprint density at radius 1 is 1.26 bits per heavy atom. The second-order valence-corrected chi connectivity index (χ2v) is 6.43. The van der Waals surface area contributed by atoms with Gasteiger partial charge in [0.1, 0.15) is 0 Å². The van der Waals surface area contributed by atoms with Crippen molar-refractivity contribution >= 4 is 5.91 Å². The number of benzene rings is 1. The van der Waals surface area contributed by atoms with Crippen molar-refractivity contribution in [2.45, 2.75) is 32.2 Å². The van der Waals surface area contributed by atoms with Crippen molar-refractivity contribution < 1.29 is 4.79 Å². The van der Waals surface area contributed by atoms with Crippen molar-refractivity contribution in [3.05, 3.63) is 47.3 Å². The maximum Gasteiger partial charge on any atom is 0.274 e. The monoisotopic (exact) mass is 310 g/mol. The van der Waals surface area contributed by atoms with E-state index in [1.54, 1.807) is 0 Å². The highest BCUT2D eigenvalue weighted by Gasteiger charge is 2.32. The summed E-state index contributed by atoms with van der Waals surface area (Å²) in [5.74, 6) is 0.0897. The number of nitrogens with one attached hydrogen (secondary N) is 1. The molecule has 1 aliphatic carbocycles. The van der Waals surface area contributed by atoms with Crippen LogP contribution < -0.4 is 5.32 Å². The Bertz CT molecular complexity index is 722. The fourth-order valence-corrected chi connectivity index (χ4v) is 3.67. The van der Waals surface area contributed by atoms with Crippen molar-refractivity contribution in [2.75, 3.05) is 19.6 Å². The lowest BCUT2D eigenvalue weighted by molar-refractivity contribution is 0.0648. The van der Waals surface area contributed by atoms with Gasteiger partial charge in [-0.15, -0.1) is 0 Å². The minimum atomic E-state index is 0.0897. The molecule has 2 heterocycles. The SMILES string of the molecule is CC1CNCCN1C(=O)c1nn(-c2ccccc2)c2c1CCC2. The molecule has 0 spiro atoms. The molecule has 1 aromatic carbocycles. The summed E-state index contributed by atoms with van der Waals surface area (Å²) in [7, 11) is 0. The van der Waals surface area contributed by atoms with Gasteiger partial charge in [0.05, 0.1) is 5.69 Å². The van der Waals surface area contributed by atoms with Gasteiger partial charge in [0.15, 0.2) is 5.69 Å². The molecule has 1 fully saturated rings. The summed E-state index contributed by atoms with van der Waals surface area (Å²) in [5.41, 5.74) is 4.07. The van der Waals surface area contributed by atoms with Crippen LogP contribution in [0.3, 0.4) is 0 Å². The molecular formula is C18H22N4O. The average molecular weight is 310 g/mol. The molecule has 120 valence electrons. The number of hydrogen-bond donors (Lipinski definition) is 1. The molecule has 1 amide bonds. The Kier molecular flexibility index (Phi) is 3.65. The largest absolute Gasteiger partial charge is 0.332 e. The van der Waals surface area contributed by atoms with Crippen LogP contribution in [0.2, 0.25) is 0 Å². The van der Waals surface area contributed by atoms with Gasteiger partial charge in [-0.05, 0) is 38.3 Å². The normalized spacial score (nSPS) is 20.6. The summed E-state index contributed by atoms with van der Waals surface area (Å²) >= 11 is 0. The van der Waals surface area contributed by atoms with E-state index in [0.29, 0.717) is 5.69 Å². The molecule has 1 aliphatic heterocycles. The van der Waals surface area contributed by atoms with Gasteiger partial charge in [0, 0.05) is 36.9 Å². The maximum absolute atomic E-state index is 13.0. The van der Waals surface area contributed by atoms with Crippen LogP contribution >= 0.6 is 0 Å². The standard InChI is InChI=1S/C18H22N4O/c1-13-12-19-10-11-21(13)18(23)17-15-8-5-9-16(15)22(20-17)14-6-3-2-4-7-14/h2-4,6-7,13,19H,5,8-12H2,1H3. The van der Waals surface area contributed by atoms with Crippen molar-refractivity contribution in [3.8, 4) is 5.69 Å². The van der Waals surface area contributed by atoms with E-state index in [-0.39, 0.29) is 11.9 Å². The van der Waals surface area contributed by atoms with Crippen LogP contribution in [0.5, 0.6) is 0 Å². The second-order valence-electron chi connectivity index (χ2n) is 6.43. The number of amides is 1. The first-order valence-corrected chi connectivity index (χ1v) is 8.43. The molecule has 2 aromatic rings. The lowest BCUT2D eigenvalue weighted by atomic mass is 10.1. The van der Waals surface area contributed by atoms with Crippen LogP contribution in [0.1, 0.15) is 35.1 Å². The van der Waals surface area contributed by atoms with Crippen molar-refractivity contribution in [1.82, 2.24) is 20.0 Å². The Balaban J connectivity index is 1.74. The van der Waals surface area contributed by atoms with Crippen LogP contribution in [0.15, 0.2) is 30.3 Å². The zero-order valence-electron chi connectivity index (χ0n) is 13.5. The molecule has 5 heteroatoms. The molecule has 4 rings (SSSR count).